The summed E-state index contributed by atoms with van der Waals surface area (Å²) in [5.41, 5.74) is 0.997. The highest BCUT2D eigenvalue weighted by molar-refractivity contribution is 7.92. The van der Waals surface area contributed by atoms with Crippen molar-refractivity contribution in [2.75, 3.05) is 23.7 Å². The summed E-state index contributed by atoms with van der Waals surface area (Å²) in [5, 5.41) is 3.82. The highest BCUT2D eigenvalue weighted by atomic mass is 35.5. The van der Waals surface area contributed by atoms with E-state index in [2.05, 4.69) is 5.32 Å². The molecule has 0 saturated heterocycles. The number of halogens is 2. The number of benzene rings is 2. The second-order valence-corrected chi connectivity index (χ2v) is 12.5. The molecule has 3 rings (SSSR count). The summed E-state index contributed by atoms with van der Waals surface area (Å²) in [6, 6.07) is 10.8. The van der Waals surface area contributed by atoms with Gasteiger partial charge in [0.15, 0.2) is 0 Å². The molecule has 0 spiro atoms. The van der Waals surface area contributed by atoms with E-state index in [1.165, 1.54) is 4.90 Å². The smallest absolute Gasteiger partial charge is 0.244 e. The first-order valence-corrected chi connectivity index (χ1v) is 15.9. The number of anilines is 1. The molecule has 214 valence electrons. The molecule has 1 saturated carbocycles. The van der Waals surface area contributed by atoms with Crippen LogP contribution in [0.1, 0.15) is 57.9 Å². The highest BCUT2D eigenvalue weighted by Gasteiger charge is 2.33. The lowest BCUT2D eigenvalue weighted by molar-refractivity contribution is -0.140. The predicted molar refractivity (Wildman–Crippen MR) is 156 cm³/mol. The minimum absolute atomic E-state index is 0.0627. The Morgan fingerprint density at radius 1 is 1.03 bits per heavy atom. The van der Waals surface area contributed by atoms with Crippen LogP contribution in [0.2, 0.25) is 10.0 Å². The summed E-state index contributed by atoms with van der Waals surface area (Å²) in [7, 11) is -3.83. The highest BCUT2D eigenvalue weighted by Crippen LogP contribution is 2.26. The van der Waals surface area contributed by atoms with E-state index < -0.39 is 28.5 Å². The first kappa shape index (κ1) is 31.0. The van der Waals surface area contributed by atoms with E-state index in [4.69, 9.17) is 27.9 Å². The van der Waals surface area contributed by atoms with Gasteiger partial charge < -0.3 is 15.0 Å². The van der Waals surface area contributed by atoms with Crippen LogP contribution in [0.25, 0.3) is 0 Å². The van der Waals surface area contributed by atoms with Gasteiger partial charge in [-0.3, -0.25) is 13.9 Å². The third kappa shape index (κ3) is 8.75. The monoisotopic (exact) mass is 597 g/mol. The Hall–Kier alpha value is -2.49. The lowest BCUT2D eigenvalue weighted by Gasteiger charge is -2.34. The maximum Gasteiger partial charge on any atom is 0.244 e. The molecule has 2 aromatic rings. The number of rotatable bonds is 12. The van der Waals surface area contributed by atoms with Crippen molar-refractivity contribution in [1.29, 1.82) is 0 Å². The zero-order chi connectivity index (χ0) is 28.6. The molecule has 11 heteroatoms. The van der Waals surface area contributed by atoms with E-state index in [0.717, 1.165) is 42.7 Å². The minimum Gasteiger partial charge on any atom is -0.494 e. The summed E-state index contributed by atoms with van der Waals surface area (Å²) in [6.07, 6.45) is 6.47. The Kier molecular flexibility index (Phi) is 11.3. The van der Waals surface area contributed by atoms with Crippen LogP contribution in [0.5, 0.6) is 5.75 Å². The fourth-order valence-electron chi connectivity index (χ4n) is 4.79. The maximum atomic E-state index is 13.9. The molecule has 0 aromatic heterocycles. The van der Waals surface area contributed by atoms with Gasteiger partial charge in [0, 0.05) is 12.6 Å². The normalized spacial score (nSPS) is 14.9. The molecule has 0 aliphatic heterocycles. The van der Waals surface area contributed by atoms with Crippen LogP contribution in [0.15, 0.2) is 42.5 Å². The van der Waals surface area contributed by atoms with Gasteiger partial charge in [-0.2, -0.15) is 0 Å². The molecule has 1 aliphatic rings. The van der Waals surface area contributed by atoms with E-state index in [1.807, 2.05) is 13.8 Å². The zero-order valence-electron chi connectivity index (χ0n) is 22.7. The van der Waals surface area contributed by atoms with Gasteiger partial charge in [-0.15, -0.1) is 0 Å². The fraction of sp³-hybridized carbons (Fsp3) is 0.500. The van der Waals surface area contributed by atoms with Crippen molar-refractivity contribution in [2.45, 2.75) is 71.0 Å². The molecule has 2 aromatic carbocycles. The molecular formula is C28H37Cl2N3O5S. The summed E-state index contributed by atoms with van der Waals surface area (Å²) >= 11 is 12.3. The van der Waals surface area contributed by atoms with Crippen LogP contribution in [0, 0.1) is 0 Å². The number of ether oxygens (including phenoxy) is 1. The third-order valence-corrected chi connectivity index (χ3v) is 8.67. The Morgan fingerprint density at radius 3 is 2.26 bits per heavy atom. The average molecular weight is 599 g/mol. The van der Waals surface area contributed by atoms with Crippen LogP contribution < -0.4 is 14.4 Å². The van der Waals surface area contributed by atoms with Crippen molar-refractivity contribution >= 4 is 50.7 Å². The number of sulfonamides is 1. The number of hydrogen-bond donors (Lipinski definition) is 1. The maximum absolute atomic E-state index is 13.9. The number of hydrogen-bond acceptors (Lipinski definition) is 5. The Balaban J connectivity index is 1.91. The van der Waals surface area contributed by atoms with Crippen molar-refractivity contribution in [3.63, 3.8) is 0 Å². The summed E-state index contributed by atoms with van der Waals surface area (Å²) < 4.78 is 32.1. The molecule has 1 unspecified atom stereocenters. The molecule has 2 amide bonds. The van der Waals surface area contributed by atoms with Crippen molar-refractivity contribution in [1.82, 2.24) is 10.2 Å². The van der Waals surface area contributed by atoms with Crippen LogP contribution in [-0.2, 0) is 26.2 Å². The van der Waals surface area contributed by atoms with Gasteiger partial charge in [-0.05, 0) is 68.1 Å². The molecule has 39 heavy (non-hydrogen) atoms. The average Bonchev–Trinajstić information content (AvgIpc) is 2.90. The SMILES string of the molecule is CCOc1ccc(N(CC(=O)N(Cc2ccc(Cl)c(Cl)c2)C(CC)C(=O)NC2CCCCC2)S(C)(=O)=O)cc1. The molecule has 0 radical (unpaired) electrons. The number of carbonyl (C=O) groups excluding carboxylic acids is 2. The quantitative estimate of drug-likeness (QED) is 0.352. The van der Waals surface area contributed by atoms with Gasteiger partial charge in [0.05, 0.1) is 28.6 Å². The summed E-state index contributed by atoms with van der Waals surface area (Å²) in [5.74, 6) is -0.163. The topological polar surface area (TPSA) is 96.0 Å². The number of amides is 2. The molecule has 8 nitrogen and oxygen atoms in total. The number of carbonyl (C=O) groups is 2. The van der Waals surface area contributed by atoms with Crippen LogP contribution in [-0.4, -0.2) is 56.6 Å². The van der Waals surface area contributed by atoms with Gasteiger partial charge in [-0.1, -0.05) is 55.5 Å². The van der Waals surface area contributed by atoms with Gasteiger partial charge in [-0.25, -0.2) is 8.42 Å². The van der Waals surface area contributed by atoms with Gasteiger partial charge in [0.1, 0.15) is 18.3 Å². The van der Waals surface area contributed by atoms with E-state index in [-0.39, 0.29) is 18.5 Å². The number of nitrogens with one attached hydrogen (secondary N) is 1. The molecule has 1 N–H and O–H groups in total. The van der Waals surface area contributed by atoms with E-state index >= 15 is 0 Å². The van der Waals surface area contributed by atoms with Crippen molar-refractivity contribution in [3.8, 4) is 5.75 Å². The molecule has 1 fully saturated rings. The van der Waals surface area contributed by atoms with E-state index in [1.54, 1.807) is 42.5 Å². The second kappa shape index (κ2) is 14.2. The summed E-state index contributed by atoms with van der Waals surface area (Å²) in [4.78, 5) is 28.7. The zero-order valence-corrected chi connectivity index (χ0v) is 25.0. The van der Waals surface area contributed by atoms with Crippen LogP contribution in [0.4, 0.5) is 5.69 Å². The van der Waals surface area contributed by atoms with Crippen LogP contribution >= 0.6 is 23.2 Å². The van der Waals surface area contributed by atoms with E-state index in [0.29, 0.717) is 40.1 Å². The largest absolute Gasteiger partial charge is 0.494 e. The van der Waals surface area contributed by atoms with E-state index in [9.17, 15) is 18.0 Å². The molecular weight excluding hydrogens is 561 g/mol. The standard InChI is InChI=1S/C28H37Cl2N3O5S/c1-4-26(28(35)31-21-9-7-6-8-10-21)32(18-20-11-16-24(29)25(30)17-20)27(34)19-33(39(3,36)37)22-12-14-23(15-13-22)38-5-2/h11-17,21,26H,4-10,18-19H2,1-3H3,(H,31,35). The molecule has 0 bridgehead atoms. The second-order valence-electron chi connectivity index (χ2n) is 9.73. The van der Waals surface area contributed by atoms with Gasteiger partial charge >= 0.3 is 0 Å². The third-order valence-electron chi connectivity index (χ3n) is 6.79. The summed E-state index contributed by atoms with van der Waals surface area (Å²) in [6.45, 7) is 3.75. The Bertz CT molecular complexity index is 1230. The minimum atomic E-state index is -3.83. The van der Waals surface area contributed by atoms with Crippen molar-refractivity contribution in [2.24, 2.45) is 0 Å². The Labute approximate surface area is 241 Å². The predicted octanol–water partition coefficient (Wildman–Crippen LogP) is 5.41. The lowest BCUT2D eigenvalue weighted by atomic mass is 9.95. The first-order valence-electron chi connectivity index (χ1n) is 13.3. The van der Waals surface area contributed by atoms with Gasteiger partial charge in [0.25, 0.3) is 0 Å². The molecule has 1 atom stereocenters. The number of nitrogens with zero attached hydrogens (tertiary/aromatic N) is 2. The fourth-order valence-corrected chi connectivity index (χ4v) is 5.96. The lowest BCUT2D eigenvalue weighted by Crippen LogP contribution is -2.53. The van der Waals surface area contributed by atoms with Crippen LogP contribution in [0.3, 0.4) is 0 Å². The van der Waals surface area contributed by atoms with Crippen molar-refractivity contribution in [3.05, 3.63) is 58.1 Å². The first-order chi connectivity index (χ1) is 18.5. The molecule has 1 aliphatic carbocycles. The van der Waals surface area contributed by atoms with Gasteiger partial charge in [0.2, 0.25) is 21.8 Å². The van der Waals surface area contributed by atoms with Crippen molar-refractivity contribution < 1.29 is 22.7 Å². The molecule has 0 heterocycles. The Morgan fingerprint density at radius 2 is 1.69 bits per heavy atom.